The van der Waals surface area contributed by atoms with Gasteiger partial charge in [-0.25, -0.2) is 0 Å². The van der Waals surface area contributed by atoms with Crippen LogP contribution in [0.15, 0.2) is 18.2 Å². The number of methoxy groups -OCH3 is 2. The van der Waals surface area contributed by atoms with Gasteiger partial charge in [0.05, 0.1) is 26.1 Å². The zero-order chi connectivity index (χ0) is 19.3. The number of amides is 2. The summed E-state index contributed by atoms with van der Waals surface area (Å²) >= 11 is 5.89. The zero-order valence-electron chi connectivity index (χ0n) is 15.9. The summed E-state index contributed by atoms with van der Waals surface area (Å²) in [7, 11) is 3.15. The van der Waals surface area contributed by atoms with Gasteiger partial charge in [-0.05, 0) is 31.5 Å². The van der Waals surface area contributed by atoms with E-state index in [4.69, 9.17) is 21.1 Å². The van der Waals surface area contributed by atoms with Gasteiger partial charge in [-0.2, -0.15) is 0 Å². The number of nitrogens with zero attached hydrogens (tertiary/aromatic N) is 2. The molecule has 1 aliphatic heterocycles. The van der Waals surface area contributed by atoms with E-state index in [0.29, 0.717) is 44.1 Å². The smallest absolute Gasteiger partial charge is 0.229 e. The van der Waals surface area contributed by atoms with Gasteiger partial charge in [0.1, 0.15) is 0 Å². The predicted molar refractivity (Wildman–Crippen MR) is 101 cm³/mol. The summed E-state index contributed by atoms with van der Waals surface area (Å²) in [5.74, 6) is 1.61. The Hall–Kier alpha value is -1.95. The van der Waals surface area contributed by atoms with Gasteiger partial charge >= 0.3 is 0 Å². The molecule has 1 fully saturated rings. The average Bonchev–Trinajstić information content (AvgIpc) is 2.67. The molecular weight excluding hydrogens is 356 g/mol. The Balaban J connectivity index is 1.94. The Labute approximate surface area is 160 Å². The monoisotopic (exact) mass is 382 g/mol. The van der Waals surface area contributed by atoms with Gasteiger partial charge < -0.3 is 19.3 Å². The summed E-state index contributed by atoms with van der Waals surface area (Å²) in [6.45, 7) is 5.84. The highest BCUT2D eigenvalue weighted by molar-refractivity contribution is 6.19. The molecule has 0 aromatic heterocycles. The second-order valence-corrected chi connectivity index (χ2v) is 7.32. The maximum atomic E-state index is 12.6. The molecule has 0 N–H and O–H groups in total. The third-order valence-corrected chi connectivity index (χ3v) is 5.30. The lowest BCUT2D eigenvalue weighted by molar-refractivity contribution is -0.144. The van der Waals surface area contributed by atoms with E-state index >= 15 is 0 Å². The van der Waals surface area contributed by atoms with Crippen LogP contribution in [0.25, 0.3) is 0 Å². The summed E-state index contributed by atoms with van der Waals surface area (Å²) in [5, 5.41) is 0. The topological polar surface area (TPSA) is 59.1 Å². The summed E-state index contributed by atoms with van der Waals surface area (Å²) in [4.78, 5) is 28.6. The number of rotatable bonds is 6. The highest BCUT2D eigenvalue weighted by Crippen LogP contribution is 2.28. The standard InChI is InChI=1S/C19H27ClN2O4/c1-19(2,13-20)18(24)22-9-7-21(8-10-22)17(23)12-14-5-6-15(25-3)16(11-14)26-4/h5-6,11H,7-10,12-13H2,1-4H3. The molecule has 144 valence electrons. The van der Waals surface area contributed by atoms with E-state index < -0.39 is 5.41 Å². The number of benzene rings is 1. The fraction of sp³-hybridized carbons (Fsp3) is 0.579. The van der Waals surface area contributed by atoms with Gasteiger partial charge in [0.25, 0.3) is 0 Å². The number of halogens is 1. The first-order valence-electron chi connectivity index (χ1n) is 8.66. The number of ether oxygens (including phenoxy) is 2. The maximum absolute atomic E-state index is 12.6. The van der Waals surface area contributed by atoms with Gasteiger partial charge in [-0.3, -0.25) is 9.59 Å². The Bertz CT molecular complexity index is 655. The third-order valence-electron chi connectivity index (χ3n) is 4.64. The largest absolute Gasteiger partial charge is 0.493 e. The van der Waals surface area contributed by atoms with Crippen LogP contribution in [0.5, 0.6) is 11.5 Å². The van der Waals surface area contributed by atoms with Crippen LogP contribution in [0.3, 0.4) is 0 Å². The van der Waals surface area contributed by atoms with Gasteiger partial charge in [-0.1, -0.05) is 6.07 Å². The summed E-state index contributed by atoms with van der Waals surface area (Å²) in [6, 6.07) is 5.48. The number of carbonyl (C=O) groups excluding carboxylic acids is 2. The van der Waals surface area contributed by atoms with E-state index in [9.17, 15) is 9.59 Å². The molecule has 0 radical (unpaired) electrons. The normalized spacial score (nSPS) is 15.0. The Morgan fingerprint density at radius 2 is 1.62 bits per heavy atom. The van der Waals surface area contributed by atoms with Crippen LogP contribution >= 0.6 is 11.6 Å². The third kappa shape index (κ3) is 4.61. The van der Waals surface area contributed by atoms with Crippen molar-refractivity contribution in [3.8, 4) is 11.5 Å². The van der Waals surface area contributed by atoms with Crippen molar-refractivity contribution in [3.63, 3.8) is 0 Å². The van der Waals surface area contributed by atoms with Crippen molar-refractivity contribution in [3.05, 3.63) is 23.8 Å². The van der Waals surface area contributed by atoms with Crippen molar-refractivity contribution in [2.45, 2.75) is 20.3 Å². The molecule has 1 saturated heterocycles. The maximum Gasteiger partial charge on any atom is 0.229 e. The van der Waals surface area contributed by atoms with Crippen molar-refractivity contribution < 1.29 is 19.1 Å². The SMILES string of the molecule is COc1ccc(CC(=O)N2CCN(C(=O)C(C)(C)CCl)CC2)cc1OC. The van der Waals surface area contributed by atoms with E-state index in [1.807, 2.05) is 26.0 Å². The van der Waals surface area contributed by atoms with Crippen LogP contribution in [0, 0.1) is 5.41 Å². The Morgan fingerprint density at radius 3 is 2.15 bits per heavy atom. The van der Waals surface area contributed by atoms with Crippen molar-refractivity contribution in [1.29, 1.82) is 0 Å². The first-order valence-corrected chi connectivity index (χ1v) is 9.20. The van der Waals surface area contributed by atoms with Crippen LogP contribution in [-0.4, -0.2) is 67.9 Å². The van der Waals surface area contributed by atoms with E-state index in [1.165, 1.54) is 0 Å². The Morgan fingerprint density at radius 1 is 1.04 bits per heavy atom. The van der Waals surface area contributed by atoms with Crippen LogP contribution in [0.1, 0.15) is 19.4 Å². The van der Waals surface area contributed by atoms with Crippen LogP contribution in [0.2, 0.25) is 0 Å². The number of piperazine rings is 1. The van der Waals surface area contributed by atoms with Crippen LogP contribution < -0.4 is 9.47 Å². The molecule has 2 rings (SSSR count). The second-order valence-electron chi connectivity index (χ2n) is 7.06. The summed E-state index contributed by atoms with van der Waals surface area (Å²) in [5.41, 5.74) is 0.294. The van der Waals surface area contributed by atoms with Crippen molar-refractivity contribution in [2.24, 2.45) is 5.41 Å². The van der Waals surface area contributed by atoms with Crippen LogP contribution in [-0.2, 0) is 16.0 Å². The fourth-order valence-corrected chi connectivity index (χ4v) is 3.04. The minimum Gasteiger partial charge on any atom is -0.493 e. The Kier molecular flexibility index (Phi) is 6.75. The molecular formula is C19H27ClN2O4. The number of alkyl halides is 1. The number of hydrogen-bond acceptors (Lipinski definition) is 4. The molecule has 26 heavy (non-hydrogen) atoms. The minimum atomic E-state index is -0.576. The lowest BCUT2D eigenvalue weighted by Crippen LogP contribution is -2.54. The van der Waals surface area contributed by atoms with Gasteiger partial charge in [0, 0.05) is 32.1 Å². The molecule has 1 aromatic carbocycles. The van der Waals surface area contributed by atoms with E-state index in [1.54, 1.807) is 30.1 Å². The van der Waals surface area contributed by atoms with E-state index in [-0.39, 0.29) is 17.7 Å². The predicted octanol–water partition coefficient (Wildman–Crippen LogP) is 2.18. The molecule has 1 aromatic rings. The van der Waals surface area contributed by atoms with Gasteiger partial charge in [-0.15, -0.1) is 11.6 Å². The molecule has 0 atom stereocenters. The first-order chi connectivity index (χ1) is 12.3. The van der Waals surface area contributed by atoms with Crippen molar-refractivity contribution in [1.82, 2.24) is 9.80 Å². The quantitative estimate of drug-likeness (QED) is 0.707. The first kappa shape index (κ1) is 20.4. The summed E-state index contributed by atoms with van der Waals surface area (Å²) in [6.07, 6.45) is 0.293. The lowest BCUT2D eigenvalue weighted by Gasteiger charge is -2.38. The van der Waals surface area contributed by atoms with Crippen molar-refractivity contribution in [2.75, 3.05) is 46.3 Å². The van der Waals surface area contributed by atoms with Gasteiger partial charge in [0.15, 0.2) is 11.5 Å². The average molecular weight is 383 g/mol. The molecule has 0 bridgehead atoms. The molecule has 6 nitrogen and oxygen atoms in total. The minimum absolute atomic E-state index is 0.0412. The lowest BCUT2D eigenvalue weighted by atomic mass is 9.94. The molecule has 0 unspecified atom stereocenters. The molecule has 1 aliphatic rings. The fourth-order valence-electron chi connectivity index (χ4n) is 2.92. The highest BCUT2D eigenvalue weighted by Gasteiger charge is 2.33. The number of carbonyl (C=O) groups is 2. The number of hydrogen-bond donors (Lipinski definition) is 0. The molecule has 0 spiro atoms. The molecule has 0 aliphatic carbocycles. The molecule has 0 saturated carbocycles. The zero-order valence-corrected chi connectivity index (χ0v) is 16.6. The van der Waals surface area contributed by atoms with E-state index in [2.05, 4.69) is 0 Å². The molecule has 7 heteroatoms. The van der Waals surface area contributed by atoms with Crippen molar-refractivity contribution >= 4 is 23.4 Å². The van der Waals surface area contributed by atoms with E-state index in [0.717, 1.165) is 5.56 Å². The highest BCUT2D eigenvalue weighted by atomic mass is 35.5. The van der Waals surface area contributed by atoms with Crippen LogP contribution in [0.4, 0.5) is 0 Å². The molecule has 1 heterocycles. The molecule has 2 amide bonds. The van der Waals surface area contributed by atoms with Gasteiger partial charge in [0.2, 0.25) is 11.8 Å². The second kappa shape index (κ2) is 8.62. The summed E-state index contributed by atoms with van der Waals surface area (Å²) < 4.78 is 10.5.